The van der Waals surface area contributed by atoms with Crippen molar-refractivity contribution in [2.75, 3.05) is 16.4 Å². The summed E-state index contributed by atoms with van der Waals surface area (Å²) in [6.45, 7) is 3.86. The largest absolute Gasteiger partial charge is 0.325 e. The number of nitrogens with one attached hydrogen (secondary N) is 2. The molecule has 0 radical (unpaired) electrons. The molecule has 0 unspecified atom stereocenters. The first-order valence-electron chi connectivity index (χ1n) is 10.9. The predicted molar refractivity (Wildman–Crippen MR) is 141 cm³/mol. The van der Waals surface area contributed by atoms with Crippen LogP contribution in [0.5, 0.6) is 0 Å². The Balaban J connectivity index is 1.51. The summed E-state index contributed by atoms with van der Waals surface area (Å²) in [6, 6.07) is 22.4. The van der Waals surface area contributed by atoms with Crippen LogP contribution in [0, 0.1) is 13.8 Å². The summed E-state index contributed by atoms with van der Waals surface area (Å²) >= 11 is 7.54. The molecule has 9 heteroatoms. The van der Waals surface area contributed by atoms with Gasteiger partial charge in [-0.3, -0.25) is 9.59 Å². The van der Waals surface area contributed by atoms with Gasteiger partial charge in [0.25, 0.3) is 0 Å². The molecular formula is C26H24ClN5O2S. The Morgan fingerprint density at radius 2 is 1.51 bits per heavy atom. The van der Waals surface area contributed by atoms with Crippen LogP contribution in [0.2, 0.25) is 5.02 Å². The average Bonchev–Trinajstić information content (AvgIpc) is 3.20. The normalized spacial score (nSPS) is 10.7. The van der Waals surface area contributed by atoms with Gasteiger partial charge in [0.05, 0.1) is 10.8 Å². The number of hydrogen-bond acceptors (Lipinski definition) is 5. The first-order chi connectivity index (χ1) is 16.9. The SMILES string of the molecule is Cc1cccc(NC(=O)CSc2nc(-c3ccccc3Cl)nn2CC(=O)Nc2cccc(C)c2)c1. The van der Waals surface area contributed by atoms with Gasteiger partial charge >= 0.3 is 0 Å². The third kappa shape index (κ3) is 6.71. The molecule has 4 aromatic rings. The fraction of sp³-hybridized carbons (Fsp3) is 0.154. The van der Waals surface area contributed by atoms with Crippen molar-refractivity contribution >= 4 is 46.6 Å². The summed E-state index contributed by atoms with van der Waals surface area (Å²) in [7, 11) is 0. The molecule has 1 heterocycles. The molecule has 0 fully saturated rings. The highest BCUT2D eigenvalue weighted by atomic mass is 35.5. The Morgan fingerprint density at radius 1 is 0.886 bits per heavy atom. The van der Waals surface area contributed by atoms with E-state index in [0.717, 1.165) is 16.8 Å². The minimum Gasteiger partial charge on any atom is -0.325 e. The number of carbonyl (C=O) groups excluding carboxylic acids is 2. The van der Waals surface area contributed by atoms with Crippen molar-refractivity contribution in [2.24, 2.45) is 0 Å². The summed E-state index contributed by atoms with van der Waals surface area (Å²) in [6.07, 6.45) is 0. The van der Waals surface area contributed by atoms with Crippen molar-refractivity contribution in [3.8, 4) is 11.4 Å². The molecule has 0 aliphatic heterocycles. The van der Waals surface area contributed by atoms with Crippen LogP contribution in [0.4, 0.5) is 11.4 Å². The molecule has 178 valence electrons. The molecule has 2 amide bonds. The fourth-order valence-corrected chi connectivity index (χ4v) is 4.36. The van der Waals surface area contributed by atoms with Gasteiger partial charge in [-0.15, -0.1) is 5.10 Å². The van der Waals surface area contributed by atoms with E-state index in [2.05, 4.69) is 20.7 Å². The standard InChI is InChI=1S/C26H24ClN5O2S/c1-17-7-5-9-19(13-17)28-23(33)15-32-26(30-25(31-32)21-11-3-4-12-22(21)27)35-16-24(34)29-20-10-6-8-18(2)14-20/h3-14H,15-16H2,1-2H3,(H,28,33)(H,29,34). The molecule has 0 aliphatic rings. The number of carbonyl (C=O) groups is 2. The second-order valence-electron chi connectivity index (χ2n) is 7.98. The molecule has 0 bridgehead atoms. The van der Waals surface area contributed by atoms with E-state index in [1.807, 2.05) is 80.6 Å². The topological polar surface area (TPSA) is 88.9 Å². The van der Waals surface area contributed by atoms with Crippen molar-refractivity contribution in [1.82, 2.24) is 14.8 Å². The van der Waals surface area contributed by atoms with E-state index in [0.29, 0.717) is 27.3 Å². The number of anilines is 2. The lowest BCUT2D eigenvalue weighted by Crippen LogP contribution is -2.20. The third-order valence-corrected chi connectivity index (χ3v) is 6.28. The Kier molecular flexibility index (Phi) is 7.84. The second kappa shape index (κ2) is 11.2. The highest BCUT2D eigenvalue weighted by molar-refractivity contribution is 7.99. The highest BCUT2D eigenvalue weighted by Gasteiger charge is 2.18. The number of amides is 2. The zero-order chi connectivity index (χ0) is 24.8. The predicted octanol–water partition coefficient (Wildman–Crippen LogP) is 5.58. The lowest BCUT2D eigenvalue weighted by atomic mass is 10.2. The number of nitrogens with zero attached hydrogens (tertiary/aromatic N) is 3. The van der Waals surface area contributed by atoms with Crippen molar-refractivity contribution in [3.05, 3.63) is 88.9 Å². The average molecular weight is 506 g/mol. The molecular weight excluding hydrogens is 482 g/mol. The van der Waals surface area contributed by atoms with Crippen LogP contribution in [0.15, 0.2) is 78.0 Å². The molecule has 3 aromatic carbocycles. The minimum atomic E-state index is -0.253. The lowest BCUT2D eigenvalue weighted by molar-refractivity contribution is -0.117. The van der Waals surface area contributed by atoms with Crippen molar-refractivity contribution < 1.29 is 9.59 Å². The maximum atomic E-state index is 12.8. The van der Waals surface area contributed by atoms with E-state index < -0.39 is 0 Å². The van der Waals surface area contributed by atoms with Gasteiger partial charge < -0.3 is 10.6 Å². The smallest absolute Gasteiger partial charge is 0.246 e. The Labute approximate surface area is 212 Å². The zero-order valence-electron chi connectivity index (χ0n) is 19.3. The summed E-state index contributed by atoms with van der Waals surface area (Å²) < 4.78 is 1.49. The Hall–Kier alpha value is -3.62. The van der Waals surface area contributed by atoms with Gasteiger partial charge in [-0.05, 0) is 61.4 Å². The van der Waals surface area contributed by atoms with Gasteiger partial charge in [0, 0.05) is 16.9 Å². The number of aromatic nitrogens is 3. The maximum absolute atomic E-state index is 12.8. The lowest BCUT2D eigenvalue weighted by Gasteiger charge is -2.08. The van der Waals surface area contributed by atoms with Crippen LogP contribution in [0.25, 0.3) is 11.4 Å². The number of halogens is 1. The molecule has 4 rings (SSSR count). The Bertz CT molecular complexity index is 1370. The first kappa shape index (κ1) is 24.5. The first-order valence-corrected chi connectivity index (χ1v) is 12.3. The monoisotopic (exact) mass is 505 g/mol. The fourth-order valence-electron chi connectivity index (χ4n) is 3.40. The van der Waals surface area contributed by atoms with Crippen LogP contribution in [-0.2, 0) is 16.1 Å². The van der Waals surface area contributed by atoms with E-state index >= 15 is 0 Å². The van der Waals surface area contributed by atoms with Gasteiger partial charge in [0.1, 0.15) is 6.54 Å². The molecule has 0 atom stereocenters. The van der Waals surface area contributed by atoms with Crippen molar-refractivity contribution in [2.45, 2.75) is 25.5 Å². The van der Waals surface area contributed by atoms with Crippen LogP contribution in [0.1, 0.15) is 11.1 Å². The van der Waals surface area contributed by atoms with E-state index in [1.54, 1.807) is 6.07 Å². The van der Waals surface area contributed by atoms with Crippen LogP contribution in [-0.4, -0.2) is 32.3 Å². The molecule has 0 spiro atoms. The quantitative estimate of drug-likeness (QED) is 0.305. The van der Waals surface area contributed by atoms with Gasteiger partial charge in [-0.2, -0.15) is 0 Å². The summed E-state index contributed by atoms with van der Waals surface area (Å²) in [5.41, 5.74) is 4.18. The third-order valence-electron chi connectivity index (χ3n) is 4.98. The summed E-state index contributed by atoms with van der Waals surface area (Å²) in [4.78, 5) is 29.9. The molecule has 2 N–H and O–H groups in total. The minimum absolute atomic E-state index is 0.0623. The number of thioether (sulfide) groups is 1. The number of aryl methyl sites for hydroxylation is 2. The zero-order valence-corrected chi connectivity index (χ0v) is 20.9. The van der Waals surface area contributed by atoms with Crippen molar-refractivity contribution in [3.63, 3.8) is 0 Å². The van der Waals surface area contributed by atoms with Crippen LogP contribution in [0.3, 0.4) is 0 Å². The Morgan fingerprint density at radius 3 is 2.14 bits per heavy atom. The van der Waals surface area contributed by atoms with Crippen molar-refractivity contribution in [1.29, 1.82) is 0 Å². The van der Waals surface area contributed by atoms with E-state index in [-0.39, 0.29) is 24.1 Å². The summed E-state index contributed by atoms with van der Waals surface area (Å²) in [5, 5.41) is 11.2. The molecule has 0 saturated heterocycles. The van der Waals surface area contributed by atoms with E-state index in [9.17, 15) is 9.59 Å². The van der Waals surface area contributed by atoms with Gasteiger partial charge in [0.2, 0.25) is 11.8 Å². The van der Waals surface area contributed by atoms with Crippen LogP contribution >= 0.6 is 23.4 Å². The maximum Gasteiger partial charge on any atom is 0.246 e. The second-order valence-corrected chi connectivity index (χ2v) is 9.33. The molecule has 0 aliphatic carbocycles. The number of rotatable bonds is 8. The van der Waals surface area contributed by atoms with Crippen LogP contribution < -0.4 is 10.6 Å². The van der Waals surface area contributed by atoms with Gasteiger partial charge in [0.15, 0.2) is 11.0 Å². The summed E-state index contributed by atoms with van der Waals surface area (Å²) in [5.74, 6) is 0.0603. The van der Waals surface area contributed by atoms with E-state index in [4.69, 9.17) is 11.6 Å². The molecule has 1 aromatic heterocycles. The van der Waals surface area contributed by atoms with E-state index in [1.165, 1.54) is 16.4 Å². The number of hydrogen-bond donors (Lipinski definition) is 2. The molecule has 0 saturated carbocycles. The molecule has 7 nitrogen and oxygen atoms in total. The molecule has 35 heavy (non-hydrogen) atoms. The van der Waals surface area contributed by atoms with Gasteiger partial charge in [-0.25, -0.2) is 9.67 Å². The highest BCUT2D eigenvalue weighted by Crippen LogP contribution is 2.27. The number of benzene rings is 3. The van der Waals surface area contributed by atoms with Gasteiger partial charge in [-0.1, -0.05) is 59.8 Å².